The van der Waals surface area contributed by atoms with Gasteiger partial charge in [-0.2, -0.15) is 0 Å². The topological polar surface area (TPSA) is 51.0 Å². The number of rotatable bonds is 3. The summed E-state index contributed by atoms with van der Waals surface area (Å²) < 4.78 is 1.68. The molecule has 0 spiro atoms. The number of hydrogen-bond acceptors (Lipinski definition) is 3. The first-order valence-electron chi connectivity index (χ1n) is 4.25. The smallest absolute Gasteiger partial charge is 0.210 e. The second-order valence-corrected chi connectivity index (χ2v) is 3.08. The normalized spacial score (nSPS) is 10.4. The summed E-state index contributed by atoms with van der Waals surface area (Å²) in [7, 11) is 1.70. The molecule has 0 saturated carbocycles. The minimum atomic E-state index is 0.421. The zero-order valence-corrected chi connectivity index (χ0v) is 7.79. The van der Waals surface area contributed by atoms with Crippen molar-refractivity contribution in [3.8, 4) is 0 Å². The second kappa shape index (κ2) is 3.45. The summed E-state index contributed by atoms with van der Waals surface area (Å²) in [4.78, 5) is 11.9. The fraction of sp³-hybridized carbons (Fsp3) is 0.222. The molecule has 0 aliphatic carbocycles. The van der Waals surface area contributed by atoms with Crippen LogP contribution in [0.25, 0.3) is 11.0 Å². The summed E-state index contributed by atoms with van der Waals surface area (Å²) in [6, 6.07) is 7.64. The van der Waals surface area contributed by atoms with E-state index in [1.807, 2.05) is 24.3 Å². The molecule has 5 heteroatoms. The maximum Gasteiger partial charge on any atom is 0.210 e. The SMILES string of the molecule is CN(C=O)Cn1nnc2ccccc21. The summed E-state index contributed by atoms with van der Waals surface area (Å²) >= 11 is 0. The Morgan fingerprint density at radius 2 is 2.29 bits per heavy atom. The van der Waals surface area contributed by atoms with Crippen molar-refractivity contribution in [2.24, 2.45) is 0 Å². The van der Waals surface area contributed by atoms with Crippen molar-refractivity contribution in [3.63, 3.8) is 0 Å². The standard InChI is InChI=1S/C9H10N4O/c1-12(7-14)6-13-9-5-3-2-4-8(9)10-11-13/h2-5,7H,6H2,1H3. The first-order chi connectivity index (χ1) is 6.81. The van der Waals surface area contributed by atoms with Crippen LogP contribution in [0.4, 0.5) is 0 Å². The van der Waals surface area contributed by atoms with Crippen LogP contribution in [0.2, 0.25) is 0 Å². The van der Waals surface area contributed by atoms with E-state index in [9.17, 15) is 4.79 Å². The Labute approximate surface area is 80.9 Å². The molecule has 0 unspecified atom stereocenters. The van der Waals surface area contributed by atoms with Crippen LogP contribution in [0.1, 0.15) is 0 Å². The number of carbonyl (C=O) groups excluding carboxylic acids is 1. The average molecular weight is 190 g/mol. The zero-order chi connectivity index (χ0) is 9.97. The zero-order valence-electron chi connectivity index (χ0n) is 7.79. The number of amides is 1. The highest BCUT2D eigenvalue weighted by Gasteiger charge is 2.03. The van der Waals surface area contributed by atoms with Gasteiger partial charge in [-0.1, -0.05) is 17.3 Å². The van der Waals surface area contributed by atoms with E-state index in [-0.39, 0.29) is 0 Å². The molecule has 72 valence electrons. The number of fused-ring (bicyclic) bond motifs is 1. The van der Waals surface area contributed by atoms with Crippen LogP contribution in [-0.2, 0) is 11.5 Å². The molecule has 0 N–H and O–H groups in total. The second-order valence-electron chi connectivity index (χ2n) is 3.08. The van der Waals surface area contributed by atoms with E-state index in [1.165, 1.54) is 4.90 Å². The van der Waals surface area contributed by atoms with Gasteiger partial charge in [-0.25, -0.2) is 4.68 Å². The van der Waals surface area contributed by atoms with Crippen molar-refractivity contribution >= 4 is 17.4 Å². The lowest BCUT2D eigenvalue weighted by molar-refractivity contribution is -0.118. The summed E-state index contributed by atoms with van der Waals surface area (Å²) in [6.07, 6.45) is 0.760. The molecule has 2 rings (SSSR count). The molecule has 0 aliphatic rings. The van der Waals surface area contributed by atoms with Gasteiger partial charge in [0.15, 0.2) is 0 Å². The third kappa shape index (κ3) is 1.44. The Morgan fingerprint density at radius 3 is 3.07 bits per heavy atom. The number of aromatic nitrogens is 3. The van der Waals surface area contributed by atoms with Crippen molar-refractivity contribution < 1.29 is 4.79 Å². The maximum absolute atomic E-state index is 10.4. The van der Waals surface area contributed by atoms with Crippen LogP contribution in [0.5, 0.6) is 0 Å². The Morgan fingerprint density at radius 1 is 1.50 bits per heavy atom. The van der Waals surface area contributed by atoms with Crippen molar-refractivity contribution in [2.75, 3.05) is 7.05 Å². The van der Waals surface area contributed by atoms with Gasteiger partial charge in [-0.3, -0.25) is 4.79 Å². The number of para-hydroxylation sites is 1. The summed E-state index contributed by atoms with van der Waals surface area (Å²) in [5.74, 6) is 0. The summed E-state index contributed by atoms with van der Waals surface area (Å²) in [5, 5.41) is 7.93. The minimum Gasteiger partial charge on any atom is -0.329 e. The van der Waals surface area contributed by atoms with Gasteiger partial charge in [0, 0.05) is 7.05 Å². The third-order valence-corrected chi connectivity index (χ3v) is 1.96. The number of hydrogen-bond donors (Lipinski definition) is 0. The quantitative estimate of drug-likeness (QED) is 0.661. The van der Waals surface area contributed by atoms with Crippen LogP contribution in [0, 0.1) is 0 Å². The molecule has 0 aliphatic heterocycles. The Kier molecular flexibility index (Phi) is 2.14. The molecule has 0 bridgehead atoms. The van der Waals surface area contributed by atoms with E-state index in [4.69, 9.17) is 0 Å². The van der Waals surface area contributed by atoms with Crippen molar-refractivity contribution in [3.05, 3.63) is 24.3 Å². The monoisotopic (exact) mass is 190 g/mol. The van der Waals surface area contributed by atoms with Gasteiger partial charge in [-0.15, -0.1) is 5.10 Å². The molecule has 0 radical (unpaired) electrons. The Hall–Kier alpha value is -1.91. The van der Waals surface area contributed by atoms with Gasteiger partial charge in [0.05, 0.1) is 5.52 Å². The highest BCUT2D eigenvalue weighted by molar-refractivity contribution is 5.73. The molecule has 0 atom stereocenters. The third-order valence-electron chi connectivity index (χ3n) is 1.96. The fourth-order valence-electron chi connectivity index (χ4n) is 1.27. The Bertz CT molecular complexity index is 451. The number of benzene rings is 1. The highest BCUT2D eigenvalue weighted by Crippen LogP contribution is 2.09. The molecule has 1 amide bonds. The van der Waals surface area contributed by atoms with Crippen LogP contribution >= 0.6 is 0 Å². The van der Waals surface area contributed by atoms with Crippen molar-refractivity contribution in [1.29, 1.82) is 0 Å². The lowest BCUT2D eigenvalue weighted by Crippen LogP contribution is -2.20. The van der Waals surface area contributed by atoms with Crippen LogP contribution in [0.15, 0.2) is 24.3 Å². The molecule has 0 fully saturated rings. The molecule has 1 heterocycles. The Balaban J connectivity index is 2.38. The molecule has 1 aromatic carbocycles. The highest BCUT2D eigenvalue weighted by atomic mass is 16.1. The van der Waals surface area contributed by atoms with E-state index in [2.05, 4.69) is 10.3 Å². The van der Waals surface area contributed by atoms with Gasteiger partial charge >= 0.3 is 0 Å². The van der Waals surface area contributed by atoms with Gasteiger partial charge in [0.2, 0.25) is 6.41 Å². The van der Waals surface area contributed by atoms with Gasteiger partial charge in [0.1, 0.15) is 12.2 Å². The average Bonchev–Trinajstić information content (AvgIpc) is 2.62. The molecule has 2 aromatic rings. The number of nitrogens with zero attached hydrogens (tertiary/aromatic N) is 4. The van der Waals surface area contributed by atoms with Crippen LogP contribution < -0.4 is 0 Å². The number of carbonyl (C=O) groups is 1. The predicted molar refractivity (Wildman–Crippen MR) is 51.4 cm³/mol. The van der Waals surface area contributed by atoms with Gasteiger partial charge in [-0.05, 0) is 12.1 Å². The van der Waals surface area contributed by atoms with E-state index >= 15 is 0 Å². The summed E-state index contributed by atoms with van der Waals surface area (Å²) in [5.41, 5.74) is 1.77. The van der Waals surface area contributed by atoms with Crippen LogP contribution in [0.3, 0.4) is 0 Å². The van der Waals surface area contributed by atoms with E-state index < -0.39 is 0 Å². The molecular weight excluding hydrogens is 180 g/mol. The molecule has 1 aromatic heterocycles. The van der Waals surface area contributed by atoms with Crippen LogP contribution in [-0.4, -0.2) is 33.4 Å². The molecule has 5 nitrogen and oxygen atoms in total. The van der Waals surface area contributed by atoms with Crippen molar-refractivity contribution in [2.45, 2.75) is 6.67 Å². The lowest BCUT2D eigenvalue weighted by atomic mass is 10.3. The van der Waals surface area contributed by atoms with E-state index in [1.54, 1.807) is 11.7 Å². The first kappa shape index (κ1) is 8.68. The molecule has 14 heavy (non-hydrogen) atoms. The van der Waals surface area contributed by atoms with Gasteiger partial charge in [0.25, 0.3) is 0 Å². The van der Waals surface area contributed by atoms with E-state index in [0.717, 1.165) is 17.4 Å². The van der Waals surface area contributed by atoms with Crippen molar-refractivity contribution in [1.82, 2.24) is 19.9 Å². The molecule has 0 saturated heterocycles. The largest absolute Gasteiger partial charge is 0.329 e. The van der Waals surface area contributed by atoms with Gasteiger partial charge < -0.3 is 4.90 Å². The maximum atomic E-state index is 10.4. The minimum absolute atomic E-state index is 0.421. The predicted octanol–water partition coefficient (Wildman–Crippen LogP) is 0.477. The first-order valence-corrected chi connectivity index (χ1v) is 4.25. The fourth-order valence-corrected chi connectivity index (χ4v) is 1.27. The molecular formula is C9H10N4O. The summed E-state index contributed by atoms with van der Waals surface area (Å²) in [6.45, 7) is 0.421. The van der Waals surface area contributed by atoms with E-state index in [0.29, 0.717) is 6.67 Å². The lowest BCUT2D eigenvalue weighted by Gasteiger charge is -2.09.